The second-order valence-corrected chi connectivity index (χ2v) is 10.3. The fourth-order valence-electron chi connectivity index (χ4n) is 6.36. The van der Waals surface area contributed by atoms with Gasteiger partial charge in [0.2, 0.25) is 5.82 Å². The van der Waals surface area contributed by atoms with E-state index >= 15 is 0 Å². The van der Waals surface area contributed by atoms with Gasteiger partial charge in [-0.05, 0) is 44.2 Å². The smallest absolute Gasteiger partial charge is 0.292 e. The number of nitrogens with one attached hydrogen (secondary N) is 1. The van der Waals surface area contributed by atoms with Crippen LogP contribution in [-0.4, -0.2) is 68.2 Å². The Morgan fingerprint density at radius 2 is 1.95 bits per heavy atom. The van der Waals surface area contributed by atoms with Crippen molar-refractivity contribution < 1.29 is 9.59 Å². The summed E-state index contributed by atoms with van der Waals surface area (Å²) in [5.41, 5.74) is 10.9. The van der Waals surface area contributed by atoms with E-state index in [0.717, 1.165) is 34.9 Å². The van der Waals surface area contributed by atoms with Crippen LogP contribution in [0.4, 0.5) is 5.82 Å². The van der Waals surface area contributed by atoms with Crippen LogP contribution < -0.4 is 5.73 Å². The number of benzene rings is 1. The molecule has 1 amide bonds. The van der Waals surface area contributed by atoms with Gasteiger partial charge in [-0.1, -0.05) is 12.1 Å². The second kappa shape index (κ2) is 8.20. The van der Waals surface area contributed by atoms with Gasteiger partial charge in [0.25, 0.3) is 5.91 Å². The number of carbonyl (C=O) groups excluding carboxylic acids is 2. The highest BCUT2D eigenvalue weighted by Gasteiger charge is 2.45. The van der Waals surface area contributed by atoms with E-state index in [1.54, 1.807) is 15.4 Å². The average Bonchev–Trinajstić information content (AvgIpc) is 3.68. The number of carbonyl (C=O) groups is 2. The van der Waals surface area contributed by atoms with Crippen LogP contribution >= 0.6 is 0 Å². The molecule has 192 valence electrons. The molecule has 2 bridgehead atoms. The molecule has 3 N–H and O–H groups in total. The highest BCUT2D eigenvalue weighted by atomic mass is 16.2. The number of aromatic nitrogens is 8. The molecule has 4 aromatic heterocycles. The van der Waals surface area contributed by atoms with E-state index in [9.17, 15) is 9.59 Å². The zero-order valence-corrected chi connectivity index (χ0v) is 21.0. The molecule has 12 heteroatoms. The third-order valence-electron chi connectivity index (χ3n) is 7.97. The molecule has 0 radical (unpaired) electrons. The number of H-pyrrole nitrogens is 1. The first-order valence-electron chi connectivity index (χ1n) is 12.7. The van der Waals surface area contributed by atoms with Crippen molar-refractivity contribution in [2.24, 2.45) is 7.05 Å². The molecule has 0 spiro atoms. The van der Waals surface area contributed by atoms with Gasteiger partial charge in [-0.2, -0.15) is 14.7 Å². The van der Waals surface area contributed by atoms with Gasteiger partial charge in [-0.25, -0.2) is 4.98 Å². The summed E-state index contributed by atoms with van der Waals surface area (Å²) in [6.45, 7) is 1.51. The lowest BCUT2D eigenvalue weighted by molar-refractivity contribution is 0.0556. The van der Waals surface area contributed by atoms with Crippen molar-refractivity contribution in [2.45, 2.75) is 50.6 Å². The van der Waals surface area contributed by atoms with E-state index in [-0.39, 0.29) is 41.3 Å². The average molecular weight is 511 g/mol. The molecule has 12 nitrogen and oxygen atoms in total. The lowest BCUT2D eigenvalue weighted by Crippen LogP contribution is -2.46. The number of anilines is 1. The molecule has 6 heterocycles. The van der Waals surface area contributed by atoms with E-state index in [1.165, 1.54) is 13.3 Å². The number of fused-ring (bicyclic) bond motifs is 4. The lowest BCUT2D eigenvalue weighted by Gasteiger charge is -2.38. The predicted molar refractivity (Wildman–Crippen MR) is 138 cm³/mol. The van der Waals surface area contributed by atoms with Crippen LogP contribution in [0.15, 0.2) is 36.9 Å². The summed E-state index contributed by atoms with van der Waals surface area (Å²) in [4.78, 5) is 35.8. The van der Waals surface area contributed by atoms with Crippen molar-refractivity contribution in [2.75, 3.05) is 5.73 Å². The zero-order chi connectivity index (χ0) is 26.1. The topological polar surface area (TPSA) is 153 Å². The van der Waals surface area contributed by atoms with Gasteiger partial charge in [0.1, 0.15) is 12.1 Å². The normalized spacial score (nSPS) is 21.0. The quantitative estimate of drug-likeness (QED) is 0.350. The number of ketones is 1. The van der Waals surface area contributed by atoms with E-state index in [0.29, 0.717) is 29.7 Å². The Balaban J connectivity index is 1.31. The van der Waals surface area contributed by atoms with E-state index in [1.807, 2.05) is 36.3 Å². The van der Waals surface area contributed by atoms with Crippen molar-refractivity contribution in [1.82, 2.24) is 44.5 Å². The van der Waals surface area contributed by atoms with Crippen molar-refractivity contribution in [3.63, 3.8) is 0 Å². The summed E-state index contributed by atoms with van der Waals surface area (Å²) >= 11 is 0. The first-order chi connectivity index (χ1) is 18.4. The van der Waals surface area contributed by atoms with Crippen LogP contribution in [0.5, 0.6) is 0 Å². The number of hydrogen-bond acceptors (Lipinski definition) is 8. The minimum absolute atomic E-state index is 0.0153. The summed E-state index contributed by atoms with van der Waals surface area (Å²) in [6.07, 6.45) is 8.31. The lowest BCUT2D eigenvalue weighted by atomic mass is 9.85. The molecule has 38 heavy (non-hydrogen) atoms. The minimum Gasteiger partial charge on any atom is -0.383 e. The number of nitrogens with zero attached hydrogens (tertiary/aromatic N) is 8. The summed E-state index contributed by atoms with van der Waals surface area (Å²) in [5.74, 6) is 0.244. The maximum atomic E-state index is 13.1. The van der Waals surface area contributed by atoms with E-state index in [2.05, 4.69) is 25.4 Å². The number of piperidine rings is 1. The molecule has 0 unspecified atom stereocenters. The Morgan fingerprint density at radius 1 is 1.16 bits per heavy atom. The molecule has 2 aliphatic rings. The third kappa shape index (κ3) is 3.32. The molecular weight excluding hydrogens is 484 g/mol. The number of hydrogen-bond donors (Lipinski definition) is 2. The SMILES string of the molecule is CC(=O)c1c([C@@H]2C[C@H]3CC[C@@H](C2)N3C(=O)c2nnc[nH]2)nc2c(-c3ccc4cn(C)nc4c3)cnn2c1N. The first kappa shape index (κ1) is 22.6. The number of nitrogens with two attached hydrogens (primary N) is 1. The van der Waals surface area contributed by atoms with Gasteiger partial charge < -0.3 is 15.6 Å². The molecule has 0 aliphatic carbocycles. The molecule has 7 rings (SSSR count). The van der Waals surface area contributed by atoms with Crippen LogP contribution in [0.1, 0.15) is 65.2 Å². The van der Waals surface area contributed by atoms with Gasteiger partial charge in [0, 0.05) is 42.2 Å². The van der Waals surface area contributed by atoms with Crippen LogP contribution in [0.2, 0.25) is 0 Å². The number of amides is 1. The van der Waals surface area contributed by atoms with E-state index < -0.39 is 0 Å². The van der Waals surface area contributed by atoms with Crippen LogP contribution in [-0.2, 0) is 7.05 Å². The first-order valence-corrected chi connectivity index (χ1v) is 12.7. The molecule has 5 aromatic rings. The van der Waals surface area contributed by atoms with Crippen molar-refractivity contribution in [3.8, 4) is 11.1 Å². The molecule has 2 saturated heterocycles. The molecular formula is C26H26N10O2. The molecule has 2 aliphatic heterocycles. The van der Waals surface area contributed by atoms with Gasteiger partial charge in [0.15, 0.2) is 11.4 Å². The Morgan fingerprint density at radius 3 is 2.66 bits per heavy atom. The molecule has 3 atom stereocenters. The number of rotatable bonds is 4. The number of aromatic amines is 1. The monoisotopic (exact) mass is 510 g/mol. The van der Waals surface area contributed by atoms with Gasteiger partial charge in [-0.3, -0.25) is 14.3 Å². The predicted octanol–water partition coefficient (Wildman–Crippen LogP) is 2.74. The standard InChI is InChI=1S/C26H26N10O2/c1-13(37)21-22(16-7-17-5-6-18(8-16)35(17)26(38)24-28-12-29-32-24)31-25-19(10-30-36(25)23(21)27)14-3-4-15-11-34(2)33-20(15)9-14/h3-4,9-12,16-18H,5-8,27H2,1-2H3,(H,28,29,32)/t16-,17-,18+. The number of nitrogen functional groups attached to an aromatic ring is 1. The summed E-state index contributed by atoms with van der Waals surface area (Å²) in [7, 11) is 1.89. The summed E-state index contributed by atoms with van der Waals surface area (Å²) in [6, 6.07) is 6.12. The second-order valence-electron chi connectivity index (χ2n) is 10.3. The Kier molecular flexibility index (Phi) is 4.87. The third-order valence-corrected chi connectivity index (χ3v) is 7.97. The van der Waals surface area contributed by atoms with Gasteiger partial charge >= 0.3 is 0 Å². The van der Waals surface area contributed by atoms with Crippen molar-refractivity contribution in [1.29, 1.82) is 0 Å². The highest BCUT2D eigenvalue weighted by Crippen LogP contribution is 2.45. The molecule has 0 saturated carbocycles. The minimum atomic E-state index is -0.147. The van der Waals surface area contributed by atoms with Crippen LogP contribution in [0.25, 0.3) is 27.7 Å². The fourth-order valence-corrected chi connectivity index (χ4v) is 6.36. The summed E-state index contributed by atoms with van der Waals surface area (Å²) in [5, 5.41) is 17.7. The summed E-state index contributed by atoms with van der Waals surface area (Å²) < 4.78 is 3.33. The largest absolute Gasteiger partial charge is 0.383 e. The molecule has 1 aromatic carbocycles. The van der Waals surface area contributed by atoms with Crippen LogP contribution in [0.3, 0.4) is 0 Å². The van der Waals surface area contributed by atoms with Crippen molar-refractivity contribution in [3.05, 3.63) is 54.0 Å². The maximum Gasteiger partial charge on any atom is 0.292 e. The van der Waals surface area contributed by atoms with Gasteiger partial charge in [-0.15, -0.1) is 10.2 Å². The highest BCUT2D eigenvalue weighted by molar-refractivity contribution is 6.00. The number of aryl methyl sites for hydroxylation is 1. The fraction of sp³-hybridized carbons (Fsp3) is 0.346. The van der Waals surface area contributed by atoms with E-state index in [4.69, 9.17) is 10.7 Å². The maximum absolute atomic E-state index is 13.1. The van der Waals surface area contributed by atoms with Gasteiger partial charge in [0.05, 0.1) is 23.0 Å². The Hall–Kier alpha value is -4.61. The Labute approximate surface area is 216 Å². The van der Waals surface area contributed by atoms with Crippen LogP contribution in [0, 0.1) is 0 Å². The zero-order valence-electron chi connectivity index (χ0n) is 21.0. The molecule has 2 fully saturated rings. The van der Waals surface area contributed by atoms with Crippen molar-refractivity contribution >= 4 is 34.1 Å². The number of Topliss-reactive ketones (excluding diaryl/α,β-unsaturated/α-hetero) is 1. The Bertz CT molecular complexity index is 1720.